The van der Waals surface area contributed by atoms with E-state index < -0.39 is 16.4 Å². The first-order chi connectivity index (χ1) is 9.10. The summed E-state index contributed by atoms with van der Waals surface area (Å²) in [6.45, 7) is 2.60. The van der Waals surface area contributed by atoms with Crippen LogP contribution in [0.25, 0.3) is 0 Å². The van der Waals surface area contributed by atoms with E-state index in [4.69, 9.17) is 5.11 Å². The Labute approximate surface area is 111 Å². The van der Waals surface area contributed by atoms with Crippen molar-refractivity contribution in [2.24, 2.45) is 5.92 Å². The zero-order valence-electron chi connectivity index (χ0n) is 10.9. The minimum atomic E-state index is -0.843. The number of benzene rings is 1. The highest BCUT2D eigenvalue weighted by atomic mass is 19.1. The average Bonchev–Trinajstić information content (AvgIpc) is 2.36. The molecule has 19 heavy (non-hydrogen) atoms. The van der Waals surface area contributed by atoms with Gasteiger partial charge in [-0.25, -0.2) is 0 Å². The van der Waals surface area contributed by atoms with Gasteiger partial charge in [-0.15, -0.1) is 0 Å². The van der Waals surface area contributed by atoms with E-state index in [1.54, 1.807) is 0 Å². The van der Waals surface area contributed by atoms with Crippen LogP contribution in [0, 0.1) is 21.8 Å². The Kier molecular flexibility index (Phi) is 6.21. The summed E-state index contributed by atoms with van der Waals surface area (Å²) in [6, 6.07) is 4.00. The summed E-state index contributed by atoms with van der Waals surface area (Å²) in [5.74, 6) is -0.623. The van der Waals surface area contributed by atoms with Gasteiger partial charge in [0.25, 0.3) is 0 Å². The highest BCUT2D eigenvalue weighted by Crippen LogP contribution is 2.27. The van der Waals surface area contributed by atoms with Gasteiger partial charge >= 0.3 is 5.69 Å². The maximum Gasteiger partial charge on any atom is 0.327 e. The maximum atomic E-state index is 13.4. The van der Waals surface area contributed by atoms with Crippen molar-refractivity contribution in [3.8, 4) is 0 Å². The number of hydrogen-bond donors (Lipinski definition) is 2. The fraction of sp³-hybridized carbons (Fsp3) is 0.538. The number of hydrogen-bond acceptors (Lipinski definition) is 4. The molecule has 1 atom stereocenters. The van der Waals surface area contributed by atoms with Crippen molar-refractivity contribution in [3.63, 3.8) is 0 Å². The van der Waals surface area contributed by atoms with Gasteiger partial charge in [0.2, 0.25) is 5.82 Å². The van der Waals surface area contributed by atoms with Gasteiger partial charge in [0, 0.05) is 13.2 Å². The molecule has 6 heteroatoms. The first-order valence-corrected chi connectivity index (χ1v) is 6.37. The molecule has 1 aromatic carbocycles. The van der Waals surface area contributed by atoms with Crippen molar-refractivity contribution < 1.29 is 14.4 Å². The number of anilines is 1. The third-order valence-corrected chi connectivity index (χ3v) is 2.98. The van der Waals surface area contributed by atoms with Gasteiger partial charge in [-0.3, -0.25) is 10.1 Å². The number of nitro benzene ring substituents is 1. The van der Waals surface area contributed by atoms with E-state index in [0.29, 0.717) is 13.0 Å². The maximum absolute atomic E-state index is 13.4. The van der Waals surface area contributed by atoms with Gasteiger partial charge in [0.15, 0.2) is 0 Å². The van der Waals surface area contributed by atoms with Crippen molar-refractivity contribution in [3.05, 3.63) is 34.1 Å². The molecule has 0 spiro atoms. The van der Waals surface area contributed by atoms with Crippen LogP contribution in [-0.4, -0.2) is 23.2 Å². The second-order valence-corrected chi connectivity index (χ2v) is 4.44. The average molecular weight is 270 g/mol. The van der Waals surface area contributed by atoms with Gasteiger partial charge in [-0.1, -0.05) is 19.4 Å². The lowest BCUT2D eigenvalue weighted by Gasteiger charge is -2.16. The number of nitrogens with zero attached hydrogens (tertiary/aromatic N) is 1. The van der Waals surface area contributed by atoms with Crippen LogP contribution in [0.2, 0.25) is 0 Å². The lowest BCUT2D eigenvalue weighted by atomic mass is 10.00. The number of para-hydroxylation sites is 1. The lowest BCUT2D eigenvalue weighted by molar-refractivity contribution is -0.386. The molecule has 0 saturated heterocycles. The predicted molar refractivity (Wildman–Crippen MR) is 71.6 cm³/mol. The normalized spacial score (nSPS) is 12.2. The smallest absolute Gasteiger partial charge is 0.327 e. The van der Waals surface area contributed by atoms with Crippen LogP contribution in [0.3, 0.4) is 0 Å². The molecule has 0 heterocycles. The van der Waals surface area contributed by atoms with Gasteiger partial charge in [0.1, 0.15) is 5.69 Å². The van der Waals surface area contributed by atoms with E-state index in [0.717, 1.165) is 18.9 Å². The largest absolute Gasteiger partial charge is 0.396 e. The Balaban J connectivity index is 2.76. The first kappa shape index (κ1) is 15.4. The zero-order chi connectivity index (χ0) is 14.3. The topological polar surface area (TPSA) is 75.4 Å². The number of halogens is 1. The van der Waals surface area contributed by atoms with Gasteiger partial charge in [0.05, 0.1) is 4.92 Å². The van der Waals surface area contributed by atoms with Gasteiger partial charge < -0.3 is 10.4 Å². The summed E-state index contributed by atoms with van der Waals surface area (Å²) < 4.78 is 13.4. The summed E-state index contributed by atoms with van der Waals surface area (Å²) in [7, 11) is 0. The Morgan fingerprint density at radius 2 is 2.21 bits per heavy atom. The SMILES string of the molecule is CCCC(CCO)CNc1cccc(F)c1[N+](=O)[O-]. The predicted octanol–water partition coefficient (Wildman–Crippen LogP) is 2.94. The summed E-state index contributed by atoms with van der Waals surface area (Å²) in [5.41, 5.74) is -0.342. The third kappa shape index (κ3) is 4.48. The number of nitro groups is 1. The molecule has 0 radical (unpaired) electrons. The molecule has 5 nitrogen and oxygen atoms in total. The summed E-state index contributed by atoms with van der Waals surface area (Å²) in [4.78, 5) is 10.1. The highest BCUT2D eigenvalue weighted by molar-refractivity contribution is 5.61. The Morgan fingerprint density at radius 3 is 2.79 bits per heavy atom. The zero-order valence-corrected chi connectivity index (χ0v) is 10.9. The lowest BCUT2D eigenvalue weighted by Crippen LogP contribution is -2.16. The van der Waals surface area contributed by atoms with Gasteiger partial charge in [-0.05, 0) is 30.9 Å². The summed E-state index contributed by atoms with van der Waals surface area (Å²) >= 11 is 0. The molecule has 0 aliphatic heterocycles. The Morgan fingerprint density at radius 1 is 1.47 bits per heavy atom. The van der Waals surface area contributed by atoms with Gasteiger partial charge in [-0.2, -0.15) is 4.39 Å². The summed E-state index contributed by atoms with van der Waals surface area (Å²) in [6.07, 6.45) is 2.51. The van der Waals surface area contributed by atoms with Crippen molar-refractivity contribution in [1.82, 2.24) is 0 Å². The van der Waals surface area contributed by atoms with Crippen LogP contribution >= 0.6 is 0 Å². The van der Waals surface area contributed by atoms with Crippen molar-refractivity contribution in [2.75, 3.05) is 18.5 Å². The molecule has 1 unspecified atom stereocenters. The highest BCUT2D eigenvalue weighted by Gasteiger charge is 2.20. The van der Waals surface area contributed by atoms with E-state index in [1.807, 2.05) is 6.92 Å². The van der Waals surface area contributed by atoms with Crippen molar-refractivity contribution in [1.29, 1.82) is 0 Å². The molecular formula is C13H19FN2O3. The molecular weight excluding hydrogens is 251 g/mol. The Bertz CT molecular complexity index is 420. The molecule has 0 aliphatic rings. The fourth-order valence-corrected chi connectivity index (χ4v) is 2.04. The van der Waals surface area contributed by atoms with Crippen LogP contribution in [0.15, 0.2) is 18.2 Å². The first-order valence-electron chi connectivity index (χ1n) is 6.37. The monoisotopic (exact) mass is 270 g/mol. The second-order valence-electron chi connectivity index (χ2n) is 4.44. The van der Waals surface area contributed by atoms with Crippen LogP contribution < -0.4 is 5.32 Å². The number of rotatable bonds is 8. The second kappa shape index (κ2) is 7.68. The molecule has 0 saturated carbocycles. The molecule has 0 fully saturated rings. The fourth-order valence-electron chi connectivity index (χ4n) is 2.04. The Hall–Kier alpha value is -1.69. The van der Waals surface area contributed by atoms with Crippen LogP contribution in [0.1, 0.15) is 26.2 Å². The minimum Gasteiger partial charge on any atom is -0.396 e. The third-order valence-electron chi connectivity index (χ3n) is 2.98. The number of nitrogens with one attached hydrogen (secondary N) is 1. The molecule has 0 bridgehead atoms. The van der Waals surface area contributed by atoms with Crippen molar-refractivity contribution in [2.45, 2.75) is 26.2 Å². The minimum absolute atomic E-state index is 0.0809. The summed E-state index contributed by atoms with van der Waals surface area (Å²) in [5, 5.41) is 22.7. The van der Waals surface area contributed by atoms with E-state index in [-0.39, 0.29) is 18.2 Å². The van der Waals surface area contributed by atoms with Crippen molar-refractivity contribution >= 4 is 11.4 Å². The number of aliphatic hydroxyl groups excluding tert-OH is 1. The van der Waals surface area contributed by atoms with Crippen LogP contribution in [0.5, 0.6) is 0 Å². The molecule has 106 valence electrons. The molecule has 0 aromatic heterocycles. The number of aliphatic hydroxyl groups is 1. The van der Waals surface area contributed by atoms with E-state index in [9.17, 15) is 14.5 Å². The standard InChI is InChI=1S/C13H19FN2O3/c1-2-4-10(7-8-17)9-15-12-6-3-5-11(14)13(12)16(18)19/h3,5-6,10,15,17H,2,4,7-9H2,1H3. The van der Waals surface area contributed by atoms with Crippen LogP contribution in [-0.2, 0) is 0 Å². The quantitative estimate of drug-likeness (QED) is 0.562. The molecule has 1 rings (SSSR count). The van der Waals surface area contributed by atoms with E-state index in [1.165, 1.54) is 12.1 Å². The van der Waals surface area contributed by atoms with E-state index in [2.05, 4.69) is 5.32 Å². The van der Waals surface area contributed by atoms with Crippen LogP contribution in [0.4, 0.5) is 15.8 Å². The molecule has 2 N–H and O–H groups in total. The molecule has 0 aliphatic carbocycles. The molecule has 1 aromatic rings. The molecule has 0 amide bonds. The van der Waals surface area contributed by atoms with E-state index >= 15 is 0 Å².